The minimum absolute atomic E-state index is 0.0311. The number of hydrogen-bond acceptors (Lipinski definition) is 6. The topological polar surface area (TPSA) is 93.1 Å². The molecule has 0 saturated heterocycles. The van der Waals surface area contributed by atoms with E-state index in [1.807, 2.05) is 0 Å². The van der Waals surface area contributed by atoms with Gasteiger partial charge in [0.15, 0.2) is 11.5 Å². The van der Waals surface area contributed by atoms with Crippen molar-refractivity contribution in [3.05, 3.63) is 71.0 Å². The number of nitrogens with zero attached hydrogens (tertiary/aromatic N) is 1. The van der Waals surface area contributed by atoms with Crippen LogP contribution in [0.25, 0.3) is 0 Å². The Kier molecular flexibility index (Phi) is 5.91. The fourth-order valence-corrected chi connectivity index (χ4v) is 3.44. The summed E-state index contributed by atoms with van der Waals surface area (Å²) >= 11 is 0. The van der Waals surface area contributed by atoms with Crippen molar-refractivity contribution in [2.45, 2.75) is 19.9 Å². The molecule has 1 amide bonds. The number of esters is 1. The number of aliphatic hydroxyl groups excluding tert-OH is 1. The molecule has 0 bridgehead atoms. The average Bonchev–Trinajstić information content (AvgIpc) is 3.03. The largest absolute Gasteiger partial charge is 0.503 e. The number of carbonyl (C=O) groups is 3. The van der Waals surface area contributed by atoms with Gasteiger partial charge in [0, 0.05) is 11.6 Å². The zero-order valence-electron chi connectivity index (χ0n) is 17.2. The normalized spacial score (nSPS) is 16.2. The SMILES string of the molecule is COC(=O)c1cccc(N2C(=O)C(O)=C(C(=O)C(C)C)C2c2ccc(OC)cc2)c1. The number of amides is 1. The van der Waals surface area contributed by atoms with Crippen LogP contribution in [0.4, 0.5) is 5.69 Å². The van der Waals surface area contributed by atoms with Gasteiger partial charge in [-0.1, -0.05) is 32.0 Å². The highest BCUT2D eigenvalue weighted by Gasteiger charge is 2.44. The molecule has 0 saturated carbocycles. The van der Waals surface area contributed by atoms with Gasteiger partial charge in [-0.2, -0.15) is 0 Å². The number of Topliss-reactive ketones (excluding diaryl/α,β-unsaturated/α-hetero) is 1. The third-order valence-corrected chi connectivity index (χ3v) is 4.97. The van der Waals surface area contributed by atoms with Gasteiger partial charge >= 0.3 is 5.97 Å². The van der Waals surface area contributed by atoms with Crippen molar-refractivity contribution in [2.24, 2.45) is 5.92 Å². The van der Waals surface area contributed by atoms with Crippen LogP contribution in [0.3, 0.4) is 0 Å². The summed E-state index contributed by atoms with van der Waals surface area (Å²) in [5.74, 6) is -1.97. The van der Waals surface area contributed by atoms with Crippen molar-refractivity contribution >= 4 is 23.3 Å². The van der Waals surface area contributed by atoms with Crippen LogP contribution in [0.1, 0.15) is 35.8 Å². The van der Waals surface area contributed by atoms with E-state index in [1.165, 1.54) is 25.2 Å². The predicted octanol–water partition coefficient (Wildman–Crippen LogP) is 3.61. The van der Waals surface area contributed by atoms with E-state index < -0.39 is 29.6 Å². The second-order valence-electron chi connectivity index (χ2n) is 7.17. The summed E-state index contributed by atoms with van der Waals surface area (Å²) in [5, 5.41) is 10.6. The number of anilines is 1. The van der Waals surface area contributed by atoms with Gasteiger partial charge < -0.3 is 14.6 Å². The molecule has 2 aromatic rings. The Bertz CT molecular complexity index is 1020. The Labute approximate surface area is 174 Å². The van der Waals surface area contributed by atoms with E-state index in [-0.39, 0.29) is 16.9 Å². The van der Waals surface area contributed by atoms with Crippen LogP contribution in [0.5, 0.6) is 5.75 Å². The van der Waals surface area contributed by atoms with Crippen molar-refractivity contribution in [2.75, 3.05) is 19.1 Å². The number of methoxy groups -OCH3 is 2. The van der Waals surface area contributed by atoms with Gasteiger partial charge in [0.05, 0.1) is 31.4 Å². The van der Waals surface area contributed by atoms with E-state index in [1.54, 1.807) is 56.3 Å². The lowest BCUT2D eigenvalue weighted by atomic mass is 9.91. The molecule has 0 aliphatic carbocycles. The molecule has 0 radical (unpaired) electrons. The summed E-state index contributed by atoms with van der Waals surface area (Å²) in [5.41, 5.74) is 1.27. The van der Waals surface area contributed by atoms with Crippen molar-refractivity contribution < 1.29 is 29.0 Å². The number of ketones is 1. The molecule has 7 heteroatoms. The number of aliphatic hydroxyl groups is 1. The number of hydrogen-bond donors (Lipinski definition) is 1. The van der Waals surface area contributed by atoms with Crippen LogP contribution >= 0.6 is 0 Å². The van der Waals surface area contributed by atoms with Crippen molar-refractivity contribution in [3.63, 3.8) is 0 Å². The minimum Gasteiger partial charge on any atom is -0.503 e. The first-order valence-electron chi connectivity index (χ1n) is 9.43. The van der Waals surface area contributed by atoms with Crippen LogP contribution in [0.15, 0.2) is 59.9 Å². The van der Waals surface area contributed by atoms with E-state index in [9.17, 15) is 19.5 Å². The Hall–Kier alpha value is -3.61. The van der Waals surface area contributed by atoms with Gasteiger partial charge in [-0.25, -0.2) is 4.79 Å². The van der Waals surface area contributed by atoms with Gasteiger partial charge in [0.25, 0.3) is 5.91 Å². The number of ether oxygens (including phenoxy) is 2. The highest BCUT2D eigenvalue weighted by molar-refractivity contribution is 6.17. The predicted molar refractivity (Wildman–Crippen MR) is 111 cm³/mol. The summed E-state index contributed by atoms with van der Waals surface area (Å²) in [7, 11) is 2.81. The fraction of sp³-hybridized carbons (Fsp3) is 0.261. The van der Waals surface area contributed by atoms with Crippen molar-refractivity contribution in [1.29, 1.82) is 0 Å². The lowest BCUT2D eigenvalue weighted by Crippen LogP contribution is -2.31. The number of benzene rings is 2. The molecule has 30 heavy (non-hydrogen) atoms. The molecule has 7 nitrogen and oxygen atoms in total. The van der Waals surface area contributed by atoms with E-state index in [0.717, 1.165) is 0 Å². The molecule has 0 spiro atoms. The zero-order valence-corrected chi connectivity index (χ0v) is 17.2. The second-order valence-corrected chi connectivity index (χ2v) is 7.17. The van der Waals surface area contributed by atoms with E-state index in [0.29, 0.717) is 17.0 Å². The smallest absolute Gasteiger partial charge is 0.337 e. The quantitative estimate of drug-likeness (QED) is 0.733. The fourth-order valence-electron chi connectivity index (χ4n) is 3.44. The van der Waals surface area contributed by atoms with Gasteiger partial charge in [-0.15, -0.1) is 0 Å². The first-order chi connectivity index (χ1) is 14.3. The molecular formula is C23H23NO6. The van der Waals surface area contributed by atoms with Crippen LogP contribution in [-0.2, 0) is 14.3 Å². The van der Waals surface area contributed by atoms with Crippen LogP contribution in [0.2, 0.25) is 0 Å². The van der Waals surface area contributed by atoms with Gasteiger partial charge in [-0.3, -0.25) is 14.5 Å². The molecule has 1 atom stereocenters. The summed E-state index contributed by atoms with van der Waals surface area (Å²) in [6.07, 6.45) is 0. The maximum Gasteiger partial charge on any atom is 0.337 e. The molecule has 1 unspecified atom stereocenters. The minimum atomic E-state index is -0.841. The van der Waals surface area contributed by atoms with Crippen LogP contribution < -0.4 is 9.64 Å². The van der Waals surface area contributed by atoms with Gasteiger partial charge in [-0.05, 0) is 35.9 Å². The Morgan fingerprint density at radius 1 is 1.07 bits per heavy atom. The highest BCUT2D eigenvalue weighted by atomic mass is 16.5. The first kappa shape index (κ1) is 21.1. The lowest BCUT2D eigenvalue weighted by molar-refractivity contribution is -0.119. The second kappa shape index (κ2) is 8.41. The maximum atomic E-state index is 13.0. The first-order valence-corrected chi connectivity index (χ1v) is 9.43. The van der Waals surface area contributed by atoms with E-state index in [4.69, 9.17) is 9.47 Å². The van der Waals surface area contributed by atoms with Gasteiger partial charge in [0.1, 0.15) is 5.75 Å². The highest BCUT2D eigenvalue weighted by Crippen LogP contribution is 2.42. The number of rotatable bonds is 6. The summed E-state index contributed by atoms with van der Waals surface area (Å²) < 4.78 is 9.95. The molecule has 156 valence electrons. The Morgan fingerprint density at radius 3 is 2.30 bits per heavy atom. The molecule has 0 aromatic heterocycles. The summed E-state index contributed by atoms with van der Waals surface area (Å²) in [6, 6.07) is 12.4. The Morgan fingerprint density at radius 2 is 1.73 bits per heavy atom. The number of carbonyl (C=O) groups excluding carboxylic acids is 3. The molecule has 0 fully saturated rings. The third-order valence-electron chi connectivity index (χ3n) is 4.97. The molecule has 3 rings (SSSR count). The standard InChI is InChI=1S/C23H23NO6/c1-13(2)20(25)18-19(14-8-10-17(29-3)11-9-14)24(22(27)21(18)26)16-7-5-6-15(12-16)23(28)30-4/h5-13,19,26H,1-4H3. The van der Waals surface area contributed by atoms with E-state index in [2.05, 4.69) is 0 Å². The van der Waals surface area contributed by atoms with E-state index >= 15 is 0 Å². The molecule has 2 aromatic carbocycles. The lowest BCUT2D eigenvalue weighted by Gasteiger charge is -2.27. The molecular weight excluding hydrogens is 386 g/mol. The van der Waals surface area contributed by atoms with Crippen molar-refractivity contribution in [1.82, 2.24) is 0 Å². The van der Waals surface area contributed by atoms with Crippen molar-refractivity contribution in [3.8, 4) is 5.75 Å². The maximum absolute atomic E-state index is 13.0. The van der Waals surface area contributed by atoms with Crippen LogP contribution in [0, 0.1) is 5.92 Å². The zero-order chi connectivity index (χ0) is 22.0. The monoisotopic (exact) mass is 409 g/mol. The molecule has 1 aliphatic rings. The van der Waals surface area contributed by atoms with Gasteiger partial charge in [0.2, 0.25) is 0 Å². The Balaban J connectivity index is 2.17. The molecule has 1 aliphatic heterocycles. The van der Waals surface area contributed by atoms with Crippen LogP contribution in [-0.4, -0.2) is 37.0 Å². The summed E-state index contributed by atoms with van der Waals surface area (Å²) in [6.45, 7) is 3.41. The molecule has 1 heterocycles. The average molecular weight is 409 g/mol. The third kappa shape index (κ3) is 3.66. The summed E-state index contributed by atoms with van der Waals surface area (Å²) in [4.78, 5) is 39.2. The molecule has 1 N–H and O–H groups in total.